The standard InChI is InChI=1S/C30H43N7O3/c1-36(23-11-5-4-6-12-23)28-27-29(37(21-32-27)26-14-8-10-20-40-26)35-30(34-28)33-22-15-17-24(18-16-22)39-19-9-3-2-7-13-25(31)38/h15-18,21,23,26H,2-14,19-20H2,1H3,(H2,31,38)(H,33,34,35). The molecule has 3 N–H and O–H groups in total. The first-order valence-electron chi connectivity index (χ1n) is 15.0. The number of nitrogens with two attached hydrogens (primary N) is 1. The smallest absolute Gasteiger partial charge is 0.231 e. The van der Waals surface area contributed by atoms with Gasteiger partial charge in [-0.1, -0.05) is 32.1 Å². The van der Waals surface area contributed by atoms with Crippen LogP contribution in [0.3, 0.4) is 0 Å². The van der Waals surface area contributed by atoms with Crippen molar-refractivity contribution in [3.63, 3.8) is 0 Å². The van der Waals surface area contributed by atoms with E-state index in [0.29, 0.717) is 25.0 Å². The number of carbonyl (C=O) groups is 1. The van der Waals surface area contributed by atoms with Gasteiger partial charge >= 0.3 is 0 Å². The van der Waals surface area contributed by atoms with Crippen molar-refractivity contribution < 1.29 is 14.3 Å². The van der Waals surface area contributed by atoms with Crippen molar-refractivity contribution in [1.82, 2.24) is 19.5 Å². The van der Waals surface area contributed by atoms with Gasteiger partial charge in [0.05, 0.1) is 12.9 Å². The zero-order valence-corrected chi connectivity index (χ0v) is 23.7. The molecule has 1 aromatic carbocycles. The van der Waals surface area contributed by atoms with Crippen LogP contribution in [-0.2, 0) is 9.53 Å². The van der Waals surface area contributed by atoms with Gasteiger partial charge in [0.2, 0.25) is 11.9 Å². The monoisotopic (exact) mass is 549 g/mol. The van der Waals surface area contributed by atoms with Gasteiger partial charge in [0, 0.05) is 31.8 Å². The van der Waals surface area contributed by atoms with E-state index in [4.69, 9.17) is 30.2 Å². The number of unbranched alkanes of at least 4 members (excludes halogenated alkanes) is 3. The average Bonchev–Trinajstić information content (AvgIpc) is 3.41. The average molecular weight is 550 g/mol. The fraction of sp³-hybridized carbons (Fsp3) is 0.600. The number of aromatic nitrogens is 4. The maximum Gasteiger partial charge on any atom is 0.231 e. The minimum atomic E-state index is -0.230. The van der Waals surface area contributed by atoms with E-state index in [-0.39, 0.29) is 12.1 Å². The number of hydrogen-bond acceptors (Lipinski definition) is 8. The van der Waals surface area contributed by atoms with Crippen molar-refractivity contribution >= 4 is 34.5 Å². The van der Waals surface area contributed by atoms with Crippen LogP contribution in [0.1, 0.15) is 89.7 Å². The van der Waals surface area contributed by atoms with Gasteiger partial charge in [-0.15, -0.1) is 0 Å². The van der Waals surface area contributed by atoms with Crippen LogP contribution in [0.2, 0.25) is 0 Å². The highest BCUT2D eigenvalue weighted by Gasteiger charge is 2.26. The van der Waals surface area contributed by atoms with E-state index < -0.39 is 0 Å². The molecular formula is C30H43N7O3. The number of imidazole rings is 1. The van der Waals surface area contributed by atoms with Gasteiger partial charge in [0.25, 0.3) is 0 Å². The number of nitrogens with one attached hydrogen (secondary N) is 1. The predicted octanol–water partition coefficient (Wildman–Crippen LogP) is 5.85. The number of primary amides is 1. The van der Waals surface area contributed by atoms with Crippen LogP contribution in [-0.4, -0.2) is 51.7 Å². The maximum absolute atomic E-state index is 10.8. The number of benzene rings is 1. The number of amides is 1. The lowest BCUT2D eigenvalue weighted by Crippen LogP contribution is -2.34. The van der Waals surface area contributed by atoms with Gasteiger partial charge in [0.1, 0.15) is 12.0 Å². The van der Waals surface area contributed by atoms with E-state index in [2.05, 4.69) is 21.8 Å². The van der Waals surface area contributed by atoms with Gasteiger partial charge in [0.15, 0.2) is 17.0 Å². The predicted molar refractivity (Wildman–Crippen MR) is 157 cm³/mol. The first-order valence-corrected chi connectivity index (χ1v) is 15.0. The largest absolute Gasteiger partial charge is 0.494 e. The molecule has 2 aromatic heterocycles. The zero-order chi connectivity index (χ0) is 27.7. The molecular weight excluding hydrogens is 506 g/mol. The van der Waals surface area contributed by atoms with Gasteiger partial charge < -0.3 is 25.4 Å². The van der Waals surface area contributed by atoms with Crippen molar-refractivity contribution in [2.45, 2.75) is 95.7 Å². The van der Waals surface area contributed by atoms with Crippen molar-refractivity contribution in [2.75, 3.05) is 30.5 Å². The highest BCUT2D eigenvalue weighted by atomic mass is 16.5. The van der Waals surface area contributed by atoms with Crippen molar-refractivity contribution in [2.24, 2.45) is 5.73 Å². The number of anilines is 3. The lowest BCUT2D eigenvalue weighted by molar-refractivity contribution is -0.118. The Kier molecular flexibility index (Phi) is 9.70. The van der Waals surface area contributed by atoms with E-state index in [1.54, 1.807) is 0 Å². The molecule has 40 heavy (non-hydrogen) atoms. The summed E-state index contributed by atoms with van der Waals surface area (Å²) in [5, 5.41) is 3.42. The molecule has 1 amide bonds. The number of carbonyl (C=O) groups excluding carboxylic acids is 1. The Bertz CT molecular complexity index is 1230. The minimum Gasteiger partial charge on any atom is -0.494 e. The molecule has 1 saturated heterocycles. The van der Waals surface area contributed by atoms with Crippen molar-refractivity contribution in [3.05, 3.63) is 30.6 Å². The van der Waals surface area contributed by atoms with Crippen LogP contribution >= 0.6 is 0 Å². The topological polar surface area (TPSA) is 120 Å². The van der Waals surface area contributed by atoms with E-state index in [1.807, 2.05) is 30.6 Å². The van der Waals surface area contributed by atoms with Crippen LogP contribution in [0, 0.1) is 0 Å². The third kappa shape index (κ3) is 7.21. The Hall–Kier alpha value is -3.40. The Labute approximate surface area is 236 Å². The van der Waals surface area contributed by atoms with E-state index >= 15 is 0 Å². The summed E-state index contributed by atoms with van der Waals surface area (Å²) in [4.78, 5) is 27.8. The third-order valence-electron chi connectivity index (χ3n) is 8.02. The summed E-state index contributed by atoms with van der Waals surface area (Å²) in [5.74, 6) is 2.01. The molecule has 1 saturated carbocycles. The Morgan fingerprint density at radius 2 is 1.82 bits per heavy atom. The number of rotatable bonds is 13. The van der Waals surface area contributed by atoms with E-state index in [0.717, 1.165) is 80.0 Å². The molecule has 1 aliphatic heterocycles. The molecule has 216 valence electrons. The molecule has 0 radical (unpaired) electrons. The Balaban J connectivity index is 1.28. The quantitative estimate of drug-likeness (QED) is 0.255. The highest BCUT2D eigenvalue weighted by Crippen LogP contribution is 2.33. The second-order valence-electron chi connectivity index (χ2n) is 11.0. The summed E-state index contributed by atoms with van der Waals surface area (Å²) in [6, 6.07) is 8.35. The SMILES string of the molecule is CN(c1nc(Nc2ccc(OCCCCCCC(N)=O)cc2)nc2c1ncn2C1CCCCO1)C1CCCCC1. The molecule has 10 heteroatoms. The molecule has 1 unspecified atom stereocenters. The summed E-state index contributed by atoms with van der Waals surface area (Å²) in [6.07, 6.45) is 15.4. The summed E-state index contributed by atoms with van der Waals surface area (Å²) in [7, 11) is 2.14. The van der Waals surface area contributed by atoms with Crippen LogP contribution < -0.4 is 20.7 Å². The molecule has 0 bridgehead atoms. The van der Waals surface area contributed by atoms with Gasteiger partial charge in [-0.05, 0) is 69.2 Å². The van der Waals surface area contributed by atoms with Crippen LogP contribution in [0.5, 0.6) is 5.75 Å². The van der Waals surface area contributed by atoms with Gasteiger partial charge in [-0.2, -0.15) is 9.97 Å². The van der Waals surface area contributed by atoms with Crippen LogP contribution in [0.4, 0.5) is 17.5 Å². The molecule has 1 aliphatic carbocycles. The van der Waals surface area contributed by atoms with Crippen LogP contribution in [0.15, 0.2) is 30.6 Å². The lowest BCUT2D eigenvalue weighted by Gasteiger charge is -2.32. The second kappa shape index (κ2) is 13.8. The normalized spacial score (nSPS) is 18.1. The minimum absolute atomic E-state index is 0.0473. The highest BCUT2D eigenvalue weighted by molar-refractivity contribution is 5.85. The number of ether oxygens (including phenoxy) is 2. The van der Waals surface area contributed by atoms with Crippen molar-refractivity contribution in [1.29, 1.82) is 0 Å². The Morgan fingerprint density at radius 1 is 1.05 bits per heavy atom. The van der Waals surface area contributed by atoms with Crippen LogP contribution in [0.25, 0.3) is 11.2 Å². The first-order chi connectivity index (χ1) is 19.6. The molecule has 0 spiro atoms. The molecule has 10 nitrogen and oxygen atoms in total. The number of hydrogen-bond donors (Lipinski definition) is 2. The maximum atomic E-state index is 10.8. The van der Waals surface area contributed by atoms with E-state index in [1.165, 1.54) is 32.1 Å². The molecule has 2 aliphatic rings. The molecule has 1 atom stereocenters. The number of fused-ring (bicyclic) bond motifs is 1. The van der Waals surface area contributed by atoms with Crippen molar-refractivity contribution in [3.8, 4) is 5.75 Å². The lowest BCUT2D eigenvalue weighted by atomic mass is 9.94. The summed E-state index contributed by atoms with van der Waals surface area (Å²) in [6.45, 7) is 1.41. The second-order valence-corrected chi connectivity index (χ2v) is 11.0. The summed E-state index contributed by atoms with van der Waals surface area (Å²) in [5.41, 5.74) is 7.71. The number of nitrogens with zero attached hydrogens (tertiary/aromatic N) is 5. The molecule has 3 heterocycles. The van der Waals surface area contributed by atoms with Gasteiger partial charge in [-0.25, -0.2) is 4.98 Å². The Morgan fingerprint density at radius 3 is 2.58 bits per heavy atom. The molecule has 5 rings (SSSR count). The first kappa shape index (κ1) is 28.1. The van der Waals surface area contributed by atoms with Gasteiger partial charge in [-0.3, -0.25) is 9.36 Å². The van der Waals surface area contributed by atoms with E-state index in [9.17, 15) is 4.79 Å². The zero-order valence-electron chi connectivity index (χ0n) is 23.7. The fourth-order valence-electron chi connectivity index (χ4n) is 5.71. The summed E-state index contributed by atoms with van der Waals surface area (Å²) >= 11 is 0. The third-order valence-corrected chi connectivity index (χ3v) is 8.02. The molecule has 2 fully saturated rings. The fourth-order valence-corrected chi connectivity index (χ4v) is 5.71. The summed E-state index contributed by atoms with van der Waals surface area (Å²) < 4.78 is 14.1. The molecule has 3 aromatic rings.